The van der Waals surface area contributed by atoms with Gasteiger partial charge in [0.25, 0.3) is 0 Å². The van der Waals surface area contributed by atoms with Gasteiger partial charge in [0.2, 0.25) is 11.5 Å². The van der Waals surface area contributed by atoms with Crippen molar-refractivity contribution in [3.8, 4) is 5.88 Å². The first-order chi connectivity index (χ1) is 14.7. The Morgan fingerprint density at radius 2 is 2.00 bits per heavy atom. The van der Waals surface area contributed by atoms with Gasteiger partial charge in [-0.3, -0.25) is 10.3 Å². The number of amidine groups is 1. The monoisotopic (exact) mass is 495 g/mol. The summed E-state index contributed by atoms with van der Waals surface area (Å²) in [5.41, 5.74) is 0.611. The van der Waals surface area contributed by atoms with Gasteiger partial charge in [-0.25, -0.2) is 19.2 Å². The zero-order valence-corrected chi connectivity index (χ0v) is 17.9. The van der Waals surface area contributed by atoms with E-state index in [1.165, 1.54) is 19.2 Å². The van der Waals surface area contributed by atoms with E-state index in [9.17, 15) is 22.4 Å². The number of alkyl halides is 3. The molecule has 0 aliphatic carbocycles. The number of pyridine rings is 2. The highest BCUT2D eigenvalue weighted by Gasteiger charge is 2.59. The number of halogens is 6. The summed E-state index contributed by atoms with van der Waals surface area (Å²) < 4.78 is 64.3. The molecule has 1 aliphatic heterocycles. The Hall–Kier alpha value is -2.70. The number of carbonyl (C=O) groups excluding carboxylic acids is 1. The molecular formula is C18H15Cl2F4N5O3. The van der Waals surface area contributed by atoms with Crippen molar-refractivity contribution in [1.82, 2.24) is 9.97 Å². The molecule has 0 fully saturated rings. The molecule has 0 unspecified atom stereocenters. The number of aliphatic imine (C=N–C) groups is 1. The maximum Gasteiger partial charge on any atom is 0.424 e. The van der Waals surface area contributed by atoms with Crippen molar-refractivity contribution in [2.24, 2.45) is 10.7 Å². The van der Waals surface area contributed by atoms with Crippen LogP contribution in [-0.4, -0.2) is 40.3 Å². The molecule has 8 nitrogen and oxygen atoms in total. The van der Waals surface area contributed by atoms with Crippen LogP contribution in [0.1, 0.15) is 19.5 Å². The number of aromatic nitrogens is 2. The Bertz CT molecular complexity index is 1100. The smallest absolute Gasteiger partial charge is 0.389 e. The van der Waals surface area contributed by atoms with Gasteiger partial charge < -0.3 is 15.2 Å². The van der Waals surface area contributed by atoms with Crippen LogP contribution in [0.5, 0.6) is 5.88 Å². The van der Waals surface area contributed by atoms with Crippen LogP contribution in [0, 0.1) is 5.82 Å². The topological polar surface area (TPSA) is 112 Å². The molecule has 0 radical (unpaired) electrons. The Balaban J connectivity index is 1.85. The molecule has 3 N–H and O–H groups in total. The molecule has 32 heavy (non-hydrogen) atoms. The number of carbonyl (C=O) groups is 1. The van der Waals surface area contributed by atoms with Crippen molar-refractivity contribution in [3.63, 3.8) is 0 Å². The first-order valence-corrected chi connectivity index (χ1v) is 9.54. The van der Waals surface area contributed by atoms with E-state index >= 15 is 0 Å². The second-order valence-corrected chi connectivity index (χ2v) is 7.92. The lowest BCUT2D eigenvalue weighted by Gasteiger charge is -2.40. The Morgan fingerprint density at radius 3 is 2.59 bits per heavy atom. The van der Waals surface area contributed by atoms with Crippen LogP contribution >= 0.6 is 23.2 Å². The molecule has 0 saturated carbocycles. The Morgan fingerprint density at radius 1 is 1.31 bits per heavy atom. The largest absolute Gasteiger partial charge is 0.424 e. The summed E-state index contributed by atoms with van der Waals surface area (Å²) in [4.78, 5) is 23.7. The van der Waals surface area contributed by atoms with Gasteiger partial charge in [-0.15, -0.1) is 0 Å². The summed E-state index contributed by atoms with van der Waals surface area (Å²) in [5, 5.41) is 2.42. The zero-order chi connectivity index (χ0) is 23.9. The summed E-state index contributed by atoms with van der Waals surface area (Å²) in [6.45, 7) is 1.34. The molecule has 172 valence electrons. The van der Waals surface area contributed by atoms with E-state index in [0.29, 0.717) is 0 Å². The Kier molecular flexibility index (Phi) is 6.24. The van der Waals surface area contributed by atoms with Crippen molar-refractivity contribution in [3.05, 3.63) is 46.0 Å². The van der Waals surface area contributed by atoms with Gasteiger partial charge >= 0.3 is 12.3 Å². The molecule has 2 aromatic heterocycles. The van der Waals surface area contributed by atoms with Crippen LogP contribution in [0.15, 0.2) is 29.4 Å². The lowest BCUT2D eigenvalue weighted by atomic mass is 9.93. The fraction of sp³-hybridized carbons (Fsp3) is 0.333. The van der Waals surface area contributed by atoms with E-state index in [-0.39, 0.29) is 21.7 Å². The predicted octanol–water partition coefficient (Wildman–Crippen LogP) is 4.46. The SMILES string of the molecule is C[C@@]1(c2nc(NC(=O)Oc3ncc(Cl)cc3Cl)ccc2F)CO[C@@](C)(C(F)(F)F)C(N)=N1. The molecular weight excluding hydrogens is 481 g/mol. The highest BCUT2D eigenvalue weighted by molar-refractivity contribution is 6.35. The van der Waals surface area contributed by atoms with Crippen molar-refractivity contribution in [1.29, 1.82) is 0 Å². The number of hydrogen-bond acceptors (Lipinski definition) is 7. The van der Waals surface area contributed by atoms with Crippen LogP contribution in [0.4, 0.5) is 28.2 Å². The molecule has 14 heteroatoms. The third-order valence-electron chi connectivity index (χ3n) is 4.59. The van der Waals surface area contributed by atoms with Crippen LogP contribution in [0.25, 0.3) is 0 Å². The number of nitrogens with one attached hydrogen (secondary N) is 1. The summed E-state index contributed by atoms with van der Waals surface area (Å²) in [7, 11) is 0. The fourth-order valence-corrected chi connectivity index (χ4v) is 3.12. The van der Waals surface area contributed by atoms with Gasteiger partial charge in [-0.05, 0) is 32.0 Å². The maximum absolute atomic E-state index is 14.5. The molecule has 0 spiro atoms. The van der Waals surface area contributed by atoms with Crippen LogP contribution in [0.3, 0.4) is 0 Å². The molecule has 0 bridgehead atoms. The lowest BCUT2D eigenvalue weighted by Crippen LogP contribution is -2.60. The van der Waals surface area contributed by atoms with Gasteiger partial charge in [0.1, 0.15) is 33.7 Å². The third-order valence-corrected chi connectivity index (χ3v) is 5.07. The van der Waals surface area contributed by atoms with Gasteiger partial charge in [0.05, 0.1) is 11.6 Å². The molecule has 2 atom stereocenters. The van der Waals surface area contributed by atoms with Crippen LogP contribution in [0.2, 0.25) is 10.0 Å². The Labute approximate surface area is 188 Å². The fourth-order valence-electron chi connectivity index (χ4n) is 2.70. The van der Waals surface area contributed by atoms with Crippen LogP contribution < -0.4 is 15.8 Å². The molecule has 0 aromatic carbocycles. The van der Waals surface area contributed by atoms with E-state index in [0.717, 1.165) is 19.1 Å². The highest BCUT2D eigenvalue weighted by atomic mass is 35.5. The van der Waals surface area contributed by atoms with E-state index in [2.05, 4.69) is 20.3 Å². The van der Waals surface area contributed by atoms with Crippen molar-refractivity contribution < 1.29 is 31.8 Å². The summed E-state index contributed by atoms with van der Waals surface area (Å²) in [6, 6.07) is 3.35. The number of nitrogens with zero attached hydrogens (tertiary/aromatic N) is 3. The second-order valence-electron chi connectivity index (χ2n) is 7.07. The standard InChI is InChI=1S/C18H15Cl2F4N5O3/c1-16(7-31-17(2,14(25)29-16)18(22,23)24)12-10(21)3-4-11(27-12)28-15(30)32-13-9(20)5-8(19)6-26-13/h3-6H,7H2,1-2H3,(H2,25,29)(H,27,28,30)/t16-,17+/m0/s1. The minimum absolute atomic E-state index is 0.0372. The molecule has 3 rings (SSSR count). The van der Waals surface area contributed by atoms with Crippen molar-refractivity contribution in [2.45, 2.75) is 31.2 Å². The predicted molar refractivity (Wildman–Crippen MR) is 107 cm³/mol. The number of amides is 1. The quantitative estimate of drug-likeness (QED) is 0.608. The molecule has 3 heterocycles. The average molecular weight is 496 g/mol. The van der Waals surface area contributed by atoms with E-state index in [1.54, 1.807) is 0 Å². The first kappa shape index (κ1) is 24.0. The summed E-state index contributed by atoms with van der Waals surface area (Å²) in [5.74, 6) is -2.21. The molecule has 1 amide bonds. The molecule has 0 saturated heterocycles. The van der Waals surface area contributed by atoms with Crippen LogP contribution in [-0.2, 0) is 10.3 Å². The van der Waals surface area contributed by atoms with E-state index in [1.807, 2.05) is 0 Å². The average Bonchev–Trinajstić information content (AvgIpc) is 2.68. The third kappa shape index (κ3) is 4.57. The van der Waals surface area contributed by atoms with E-state index in [4.69, 9.17) is 38.4 Å². The highest BCUT2D eigenvalue weighted by Crippen LogP contribution is 2.41. The summed E-state index contributed by atoms with van der Waals surface area (Å²) in [6.07, 6.45) is -4.70. The normalized spacial score (nSPS) is 23.4. The minimum atomic E-state index is -4.84. The lowest BCUT2D eigenvalue weighted by molar-refractivity contribution is -0.249. The number of hydrogen-bond donors (Lipinski definition) is 2. The van der Waals surface area contributed by atoms with Gasteiger partial charge in [0.15, 0.2) is 0 Å². The first-order valence-electron chi connectivity index (χ1n) is 8.78. The molecule has 2 aromatic rings. The zero-order valence-electron chi connectivity index (χ0n) is 16.4. The number of nitrogens with two attached hydrogens (primary N) is 1. The molecule has 1 aliphatic rings. The van der Waals surface area contributed by atoms with Crippen molar-refractivity contribution in [2.75, 3.05) is 11.9 Å². The number of rotatable bonds is 3. The van der Waals surface area contributed by atoms with Crippen molar-refractivity contribution >= 4 is 40.9 Å². The van der Waals surface area contributed by atoms with Gasteiger partial charge in [-0.2, -0.15) is 13.2 Å². The maximum atomic E-state index is 14.5. The summed E-state index contributed by atoms with van der Waals surface area (Å²) >= 11 is 11.6. The minimum Gasteiger partial charge on any atom is -0.389 e. The van der Waals surface area contributed by atoms with E-state index < -0.39 is 47.4 Å². The second kappa shape index (κ2) is 8.34. The number of ether oxygens (including phenoxy) is 2. The van der Waals surface area contributed by atoms with Gasteiger partial charge in [-0.1, -0.05) is 23.2 Å². The number of anilines is 1. The van der Waals surface area contributed by atoms with Gasteiger partial charge in [0, 0.05) is 6.20 Å².